The van der Waals surface area contributed by atoms with Gasteiger partial charge < -0.3 is 9.47 Å². The minimum Gasteiger partial charge on any atom is -0.493 e. The predicted octanol–water partition coefficient (Wildman–Crippen LogP) is 4.74. The van der Waals surface area contributed by atoms with Crippen LogP contribution in [-0.4, -0.2) is 24.9 Å². The molecule has 0 aliphatic carbocycles. The quantitative estimate of drug-likeness (QED) is 0.423. The van der Waals surface area contributed by atoms with Crippen LogP contribution in [0.25, 0.3) is 0 Å². The van der Waals surface area contributed by atoms with E-state index in [0.717, 1.165) is 29.2 Å². The number of nitrogens with zero attached hydrogens (tertiary/aromatic N) is 2. The van der Waals surface area contributed by atoms with Crippen molar-refractivity contribution >= 4 is 34.3 Å². The number of methoxy groups -OCH3 is 1. The van der Waals surface area contributed by atoms with Crippen LogP contribution in [0.1, 0.15) is 31.0 Å². The number of aryl methyl sites for hydroxylation is 1. The summed E-state index contributed by atoms with van der Waals surface area (Å²) in [6, 6.07) is 3.63. The zero-order chi connectivity index (χ0) is 16.7. The van der Waals surface area contributed by atoms with Crippen molar-refractivity contribution in [1.29, 1.82) is 0 Å². The van der Waals surface area contributed by atoms with Crippen molar-refractivity contribution in [2.24, 2.45) is 5.10 Å². The molecule has 2 aromatic rings. The van der Waals surface area contributed by atoms with E-state index in [2.05, 4.69) is 22.4 Å². The largest absolute Gasteiger partial charge is 0.493 e. The maximum atomic E-state index is 6.29. The summed E-state index contributed by atoms with van der Waals surface area (Å²) in [5.74, 6) is 1.17. The Balaban J connectivity index is 2.08. The summed E-state index contributed by atoms with van der Waals surface area (Å²) in [5, 5.41) is 7.38. The summed E-state index contributed by atoms with van der Waals surface area (Å²) in [6.45, 7) is 4.66. The Morgan fingerprint density at radius 1 is 1.43 bits per heavy atom. The van der Waals surface area contributed by atoms with E-state index in [1.807, 2.05) is 18.4 Å². The van der Waals surface area contributed by atoms with Gasteiger partial charge >= 0.3 is 0 Å². The number of ether oxygens (including phenoxy) is 2. The number of hydrogen-bond donors (Lipinski definition) is 1. The Hall–Kier alpha value is -1.79. The lowest BCUT2D eigenvalue weighted by Crippen LogP contribution is -2.00. The third kappa shape index (κ3) is 5.11. The topological polar surface area (TPSA) is 55.7 Å². The average Bonchev–Trinajstić information content (AvgIpc) is 2.94. The molecule has 1 aromatic heterocycles. The molecule has 0 amide bonds. The Morgan fingerprint density at radius 2 is 2.26 bits per heavy atom. The first-order chi connectivity index (χ1) is 11.1. The first-order valence-corrected chi connectivity index (χ1v) is 8.61. The SMILES string of the molecule is CCCCOc1c(Cl)cc(C=NNc2nc(C)cs2)cc1OC. The van der Waals surface area contributed by atoms with E-state index < -0.39 is 0 Å². The number of hydrogen-bond acceptors (Lipinski definition) is 6. The molecule has 23 heavy (non-hydrogen) atoms. The van der Waals surface area contributed by atoms with Gasteiger partial charge in [-0.25, -0.2) is 4.98 Å². The molecule has 124 valence electrons. The number of aromatic nitrogens is 1. The molecule has 1 aromatic carbocycles. The summed E-state index contributed by atoms with van der Waals surface area (Å²) >= 11 is 7.80. The maximum Gasteiger partial charge on any atom is 0.203 e. The number of rotatable bonds is 8. The lowest BCUT2D eigenvalue weighted by molar-refractivity contribution is 0.288. The number of halogens is 1. The van der Waals surface area contributed by atoms with Gasteiger partial charge in [-0.1, -0.05) is 24.9 Å². The molecule has 0 aliphatic rings. The third-order valence-corrected chi connectivity index (χ3v) is 4.13. The van der Waals surface area contributed by atoms with Crippen molar-refractivity contribution in [2.75, 3.05) is 19.1 Å². The van der Waals surface area contributed by atoms with Gasteiger partial charge in [0.15, 0.2) is 11.5 Å². The maximum absolute atomic E-state index is 6.29. The monoisotopic (exact) mass is 353 g/mol. The molecule has 5 nitrogen and oxygen atoms in total. The van der Waals surface area contributed by atoms with Gasteiger partial charge in [-0.3, -0.25) is 5.43 Å². The second kappa shape index (κ2) is 8.74. The molecule has 0 aliphatic heterocycles. The van der Waals surface area contributed by atoms with Crippen molar-refractivity contribution < 1.29 is 9.47 Å². The van der Waals surface area contributed by atoms with E-state index in [9.17, 15) is 0 Å². The van der Waals surface area contributed by atoms with Crippen LogP contribution >= 0.6 is 22.9 Å². The number of unbranched alkanes of at least 4 members (excludes halogenated alkanes) is 1. The minimum absolute atomic E-state index is 0.506. The summed E-state index contributed by atoms with van der Waals surface area (Å²) in [7, 11) is 1.59. The van der Waals surface area contributed by atoms with Crippen LogP contribution in [0.5, 0.6) is 11.5 Å². The third-order valence-electron chi connectivity index (χ3n) is 2.99. The number of hydrazone groups is 1. The second-order valence-corrected chi connectivity index (χ2v) is 6.17. The fourth-order valence-electron chi connectivity index (χ4n) is 1.84. The predicted molar refractivity (Wildman–Crippen MR) is 96.5 cm³/mol. The van der Waals surface area contributed by atoms with Crippen molar-refractivity contribution in [2.45, 2.75) is 26.7 Å². The zero-order valence-electron chi connectivity index (χ0n) is 13.4. The molecule has 2 rings (SSSR count). The lowest BCUT2D eigenvalue weighted by Gasteiger charge is -2.12. The highest BCUT2D eigenvalue weighted by Crippen LogP contribution is 2.36. The van der Waals surface area contributed by atoms with E-state index in [0.29, 0.717) is 23.1 Å². The Bertz CT molecular complexity index is 673. The fourth-order valence-corrected chi connectivity index (χ4v) is 2.75. The summed E-state index contributed by atoms with van der Waals surface area (Å²) in [6.07, 6.45) is 3.70. The van der Waals surface area contributed by atoms with Crippen molar-refractivity contribution in [3.8, 4) is 11.5 Å². The molecule has 7 heteroatoms. The molecule has 1 heterocycles. The average molecular weight is 354 g/mol. The molecule has 0 spiro atoms. The van der Waals surface area contributed by atoms with Gasteiger partial charge in [-0.2, -0.15) is 5.10 Å². The summed E-state index contributed by atoms with van der Waals surface area (Å²) < 4.78 is 11.1. The summed E-state index contributed by atoms with van der Waals surface area (Å²) in [4.78, 5) is 4.27. The zero-order valence-corrected chi connectivity index (χ0v) is 15.0. The van der Waals surface area contributed by atoms with Crippen LogP contribution in [0, 0.1) is 6.92 Å². The Morgan fingerprint density at radius 3 is 2.91 bits per heavy atom. The molecule has 0 atom stereocenters. The van der Waals surface area contributed by atoms with Crippen LogP contribution < -0.4 is 14.9 Å². The van der Waals surface area contributed by atoms with Gasteiger partial charge in [-0.05, 0) is 31.0 Å². The minimum atomic E-state index is 0.506. The normalized spacial score (nSPS) is 11.0. The van der Waals surface area contributed by atoms with E-state index in [-0.39, 0.29) is 0 Å². The van der Waals surface area contributed by atoms with Crippen molar-refractivity contribution in [1.82, 2.24) is 4.98 Å². The van der Waals surface area contributed by atoms with E-state index in [4.69, 9.17) is 21.1 Å². The molecule has 0 saturated carbocycles. The number of anilines is 1. The van der Waals surface area contributed by atoms with Crippen LogP contribution in [0.4, 0.5) is 5.13 Å². The van der Waals surface area contributed by atoms with Crippen LogP contribution in [-0.2, 0) is 0 Å². The molecule has 0 saturated heterocycles. The van der Waals surface area contributed by atoms with E-state index in [1.165, 1.54) is 11.3 Å². The Labute approximate surface area is 145 Å². The van der Waals surface area contributed by atoms with Gasteiger partial charge in [0.2, 0.25) is 5.13 Å². The number of benzene rings is 1. The van der Waals surface area contributed by atoms with Crippen LogP contribution in [0.2, 0.25) is 5.02 Å². The fraction of sp³-hybridized carbons (Fsp3) is 0.375. The van der Waals surface area contributed by atoms with E-state index >= 15 is 0 Å². The van der Waals surface area contributed by atoms with Crippen LogP contribution in [0.15, 0.2) is 22.6 Å². The highest BCUT2D eigenvalue weighted by Gasteiger charge is 2.11. The van der Waals surface area contributed by atoms with Crippen LogP contribution in [0.3, 0.4) is 0 Å². The molecule has 1 N–H and O–H groups in total. The van der Waals surface area contributed by atoms with E-state index in [1.54, 1.807) is 19.4 Å². The highest BCUT2D eigenvalue weighted by molar-refractivity contribution is 7.13. The first-order valence-electron chi connectivity index (χ1n) is 7.35. The number of nitrogens with one attached hydrogen (secondary N) is 1. The Kier molecular flexibility index (Phi) is 6.67. The second-order valence-electron chi connectivity index (χ2n) is 4.90. The van der Waals surface area contributed by atoms with Gasteiger partial charge in [0.25, 0.3) is 0 Å². The summed E-state index contributed by atoms with van der Waals surface area (Å²) in [5.41, 5.74) is 4.67. The van der Waals surface area contributed by atoms with Gasteiger partial charge in [-0.15, -0.1) is 11.3 Å². The molecular weight excluding hydrogens is 334 g/mol. The first kappa shape index (κ1) is 17.6. The molecule has 0 bridgehead atoms. The molecule has 0 radical (unpaired) electrons. The van der Waals surface area contributed by atoms with Crippen molar-refractivity contribution in [3.63, 3.8) is 0 Å². The molecule has 0 fully saturated rings. The molecule has 0 unspecified atom stereocenters. The smallest absolute Gasteiger partial charge is 0.203 e. The molecular formula is C16H20ClN3O2S. The van der Waals surface area contributed by atoms with Crippen molar-refractivity contribution in [3.05, 3.63) is 33.8 Å². The van der Waals surface area contributed by atoms with Gasteiger partial charge in [0.05, 0.1) is 30.6 Å². The highest BCUT2D eigenvalue weighted by atomic mass is 35.5. The number of thiazole rings is 1. The lowest BCUT2D eigenvalue weighted by atomic mass is 10.2. The van der Waals surface area contributed by atoms with Gasteiger partial charge in [0.1, 0.15) is 0 Å². The van der Waals surface area contributed by atoms with Gasteiger partial charge in [0, 0.05) is 5.38 Å². The standard InChI is InChI=1S/C16H20ClN3O2S/c1-4-5-6-22-15-13(17)7-12(8-14(15)21-3)9-18-20-16-19-11(2)10-23-16/h7-10H,4-6H2,1-3H3,(H,19,20).